The number of morpholine rings is 1. The molecule has 1 aliphatic rings. The first kappa shape index (κ1) is 23.5. The van der Waals surface area contributed by atoms with Crippen LogP contribution in [0.4, 0.5) is 0 Å². The quantitative estimate of drug-likeness (QED) is 0.314. The maximum absolute atomic E-state index is 5.78. The third-order valence-electron chi connectivity index (χ3n) is 5.23. The summed E-state index contributed by atoms with van der Waals surface area (Å²) in [5.74, 6) is 1.69. The van der Waals surface area contributed by atoms with Gasteiger partial charge in [-0.2, -0.15) is 0 Å². The minimum atomic E-state index is 0.329. The molecule has 2 aromatic rings. The van der Waals surface area contributed by atoms with E-state index in [1.807, 2.05) is 31.3 Å². The smallest absolute Gasteiger partial charge is 0.191 e. The number of benzene rings is 1. The molecule has 1 atom stereocenters. The van der Waals surface area contributed by atoms with Crippen LogP contribution in [0.2, 0.25) is 0 Å². The van der Waals surface area contributed by atoms with E-state index in [9.17, 15) is 0 Å². The van der Waals surface area contributed by atoms with Gasteiger partial charge in [-0.25, -0.2) is 0 Å². The van der Waals surface area contributed by atoms with E-state index in [2.05, 4.69) is 38.0 Å². The molecule has 0 amide bonds. The van der Waals surface area contributed by atoms with Crippen molar-refractivity contribution in [1.82, 2.24) is 15.5 Å². The van der Waals surface area contributed by atoms with Crippen molar-refractivity contribution in [2.45, 2.75) is 19.1 Å². The van der Waals surface area contributed by atoms with Gasteiger partial charge in [-0.15, -0.1) is 11.3 Å². The molecule has 2 heterocycles. The van der Waals surface area contributed by atoms with Crippen molar-refractivity contribution in [3.8, 4) is 5.75 Å². The van der Waals surface area contributed by atoms with Crippen LogP contribution < -0.4 is 15.4 Å². The predicted molar refractivity (Wildman–Crippen MR) is 126 cm³/mol. The van der Waals surface area contributed by atoms with E-state index in [-0.39, 0.29) is 0 Å². The Morgan fingerprint density at radius 1 is 1.19 bits per heavy atom. The second-order valence-corrected chi connectivity index (χ2v) is 8.29. The highest BCUT2D eigenvalue weighted by atomic mass is 32.1. The second kappa shape index (κ2) is 13.3. The molecule has 1 aromatic carbocycles. The van der Waals surface area contributed by atoms with Crippen LogP contribution in [0, 0.1) is 0 Å². The Balaban J connectivity index is 1.35. The monoisotopic (exact) mass is 446 g/mol. The Morgan fingerprint density at radius 3 is 2.68 bits per heavy atom. The summed E-state index contributed by atoms with van der Waals surface area (Å²) < 4.78 is 16.5. The summed E-state index contributed by atoms with van der Waals surface area (Å²) in [6, 6.07) is 12.6. The minimum Gasteiger partial charge on any atom is -0.497 e. The maximum Gasteiger partial charge on any atom is 0.191 e. The Kier molecular flexibility index (Phi) is 10.1. The number of methoxy groups -OCH3 is 1. The van der Waals surface area contributed by atoms with Crippen LogP contribution in [-0.4, -0.2) is 71.0 Å². The van der Waals surface area contributed by atoms with Crippen molar-refractivity contribution < 1.29 is 14.2 Å². The Labute approximate surface area is 189 Å². The minimum absolute atomic E-state index is 0.329. The van der Waals surface area contributed by atoms with Crippen molar-refractivity contribution in [1.29, 1.82) is 0 Å². The van der Waals surface area contributed by atoms with Gasteiger partial charge in [0.15, 0.2) is 5.96 Å². The fraction of sp³-hybridized carbons (Fsp3) is 0.522. The summed E-state index contributed by atoms with van der Waals surface area (Å²) >= 11 is 1.80. The molecule has 7 nitrogen and oxygen atoms in total. The van der Waals surface area contributed by atoms with Crippen molar-refractivity contribution in [2.24, 2.45) is 4.99 Å². The van der Waals surface area contributed by atoms with Crippen molar-refractivity contribution in [3.63, 3.8) is 0 Å². The van der Waals surface area contributed by atoms with Crippen LogP contribution in [0.25, 0.3) is 0 Å². The summed E-state index contributed by atoms with van der Waals surface area (Å²) in [5, 5.41) is 9.02. The standard InChI is InChI=1S/C23H34N4O3S/c1-24-23(25-10-4-13-30-18-19-6-8-20(28-2)9-7-19)26-17-21(22-5-3-16-31-22)27-11-14-29-15-12-27/h3,5-9,16,21H,4,10-15,17-18H2,1-2H3,(H2,24,25,26). The van der Waals surface area contributed by atoms with Gasteiger partial charge in [0, 0.05) is 44.7 Å². The molecule has 8 heteroatoms. The first-order valence-electron chi connectivity index (χ1n) is 10.8. The Hall–Kier alpha value is -2.13. The fourth-order valence-electron chi connectivity index (χ4n) is 3.49. The SMILES string of the molecule is CN=C(NCCCOCc1ccc(OC)cc1)NCC(c1cccs1)N1CCOCC1. The molecule has 2 N–H and O–H groups in total. The topological polar surface area (TPSA) is 67.4 Å². The zero-order chi connectivity index (χ0) is 21.7. The van der Waals surface area contributed by atoms with Crippen LogP contribution in [0.1, 0.15) is 22.9 Å². The lowest BCUT2D eigenvalue weighted by molar-refractivity contribution is 0.0177. The van der Waals surface area contributed by atoms with Crippen LogP contribution in [-0.2, 0) is 16.1 Å². The number of hydrogen-bond donors (Lipinski definition) is 2. The number of ether oxygens (including phenoxy) is 3. The molecule has 0 radical (unpaired) electrons. The fourth-order valence-corrected chi connectivity index (χ4v) is 4.35. The average molecular weight is 447 g/mol. The number of thiophene rings is 1. The van der Waals surface area contributed by atoms with Gasteiger partial charge in [0.1, 0.15) is 5.75 Å². The molecule has 3 rings (SSSR count). The Bertz CT molecular complexity index is 762. The van der Waals surface area contributed by atoms with Crippen LogP contribution in [0.5, 0.6) is 5.75 Å². The van der Waals surface area contributed by atoms with E-state index in [1.54, 1.807) is 18.4 Å². The molecule has 0 bridgehead atoms. The number of nitrogens with zero attached hydrogens (tertiary/aromatic N) is 2. The highest BCUT2D eigenvalue weighted by Crippen LogP contribution is 2.25. The zero-order valence-corrected chi connectivity index (χ0v) is 19.3. The third-order valence-corrected chi connectivity index (χ3v) is 6.20. The lowest BCUT2D eigenvalue weighted by atomic mass is 10.2. The summed E-state index contributed by atoms with van der Waals surface area (Å²) in [6.07, 6.45) is 0.911. The number of hydrogen-bond acceptors (Lipinski definition) is 6. The molecule has 0 saturated carbocycles. The third kappa shape index (κ3) is 7.81. The summed E-state index contributed by atoms with van der Waals surface area (Å²) in [6.45, 7) is 6.44. The van der Waals surface area contributed by atoms with Gasteiger partial charge in [-0.1, -0.05) is 18.2 Å². The lowest BCUT2D eigenvalue weighted by Gasteiger charge is -2.34. The number of aliphatic imine (C=N–C) groups is 1. The van der Waals surface area contributed by atoms with E-state index in [0.717, 1.165) is 63.1 Å². The Morgan fingerprint density at radius 2 is 2.00 bits per heavy atom. The normalized spacial score (nSPS) is 16.1. The summed E-state index contributed by atoms with van der Waals surface area (Å²) in [4.78, 5) is 8.23. The van der Waals surface area contributed by atoms with Crippen molar-refractivity contribution in [3.05, 3.63) is 52.2 Å². The molecule has 1 aliphatic heterocycles. The molecule has 1 aromatic heterocycles. The highest BCUT2D eigenvalue weighted by molar-refractivity contribution is 7.10. The van der Waals surface area contributed by atoms with Crippen LogP contribution >= 0.6 is 11.3 Å². The zero-order valence-electron chi connectivity index (χ0n) is 18.5. The molecule has 170 valence electrons. The van der Waals surface area contributed by atoms with Crippen molar-refractivity contribution in [2.75, 3.05) is 60.2 Å². The average Bonchev–Trinajstić information content (AvgIpc) is 3.35. The molecule has 31 heavy (non-hydrogen) atoms. The summed E-state index contributed by atoms with van der Waals surface area (Å²) in [5.41, 5.74) is 1.15. The molecular weight excluding hydrogens is 412 g/mol. The van der Waals surface area contributed by atoms with Gasteiger partial charge in [-0.3, -0.25) is 9.89 Å². The molecule has 0 spiro atoms. The maximum atomic E-state index is 5.78. The van der Waals surface area contributed by atoms with E-state index < -0.39 is 0 Å². The van der Waals surface area contributed by atoms with E-state index >= 15 is 0 Å². The van der Waals surface area contributed by atoms with Gasteiger partial charge < -0.3 is 24.8 Å². The molecular formula is C23H34N4O3S. The number of guanidine groups is 1. The first-order chi connectivity index (χ1) is 15.3. The molecule has 1 saturated heterocycles. The second-order valence-electron chi connectivity index (χ2n) is 7.31. The van der Waals surface area contributed by atoms with Gasteiger partial charge in [0.25, 0.3) is 0 Å². The lowest BCUT2D eigenvalue weighted by Crippen LogP contribution is -2.46. The van der Waals surface area contributed by atoms with Crippen LogP contribution in [0.15, 0.2) is 46.8 Å². The summed E-state index contributed by atoms with van der Waals surface area (Å²) in [7, 11) is 3.48. The van der Waals surface area contributed by atoms with Gasteiger partial charge in [0.2, 0.25) is 0 Å². The largest absolute Gasteiger partial charge is 0.497 e. The van der Waals surface area contributed by atoms with Gasteiger partial charge in [0.05, 0.1) is 33.0 Å². The van der Waals surface area contributed by atoms with Gasteiger partial charge in [-0.05, 0) is 35.6 Å². The molecule has 0 aliphatic carbocycles. The number of nitrogens with one attached hydrogen (secondary N) is 2. The highest BCUT2D eigenvalue weighted by Gasteiger charge is 2.23. The van der Waals surface area contributed by atoms with E-state index in [0.29, 0.717) is 19.3 Å². The van der Waals surface area contributed by atoms with E-state index in [1.165, 1.54) is 4.88 Å². The van der Waals surface area contributed by atoms with Crippen LogP contribution in [0.3, 0.4) is 0 Å². The van der Waals surface area contributed by atoms with E-state index in [4.69, 9.17) is 14.2 Å². The molecule has 1 fully saturated rings. The van der Waals surface area contributed by atoms with Gasteiger partial charge >= 0.3 is 0 Å². The molecule has 1 unspecified atom stereocenters. The van der Waals surface area contributed by atoms with Crippen molar-refractivity contribution >= 4 is 17.3 Å². The number of rotatable bonds is 11. The first-order valence-corrected chi connectivity index (χ1v) is 11.7. The predicted octanol–water partition coefficient (Wildman–Crippen LogP) is 2.90.